The van der Waals surface area contributed by atoms with Crippen LogP contribution in [0.2, 0.25) is 0 Å². The van der Waals surface area contributed by atoms with Gasteiger partial charge in [-0.1, -0.05) is 32.9 Å². The first-order chi connectivity index (χ1) is 10.6. The minimum absolute atomic E-state index is 0.0595. The molecule has 2 aromatic rings. The first kappa shape index (κ1) is 17.0. The first-order valence-corrected chi connectivity index (χ1v) is 8.29. The highest BCUT2D eigenvalue weighted by Crippen LogP contribution is 2.26. The minimum Gasteiger partial charge on any atom is -0.379 e. The molecule has 0 spiro atoms. The lowest BCUT2D eigenvalue weighted by Crippen LogP contribution is -2.12. The molecule has 0 aliphatic heterocycles. The van der Waals surface area contributed by atoms with E-state index in [9.17, 15) is 12.8 Å². The number of halogens is 1. The van der Waals surface area contributed by atoms with Crippen LogP contribution in [0, 0.1) is 17.1 Å². The van der Waals surface area contributed by atoms with E-state index in [0.29, 0.717) is 0 Å². The summed E-state index contributed by atoms with van der Waals surface area (Å²) in [4.78, 5) is -0.268. The fourth-order valence-electron chi connectivity index (χ4n) is 1.93. The van der Waals surface area contributed by atoms with Crippen LogP contribution >= 0.6 is 0 Å². The van der Waals surface area contributed by atoms with Crippen molar-refractivity contribution in [3.63, 3.8) is 0 Å². The lowest BCUT2D eigenvalue weighted by atomic mass is 9.87. The molecule has 120 valence electrons. The lowest BCUT2D eigenvalue weighted by molar-refractivity contribution is 0.485. The quantitative estimate of drug-likeness (QED) is 0.802. The van der Waals surface area contributed by atoms with Gasteiger partial charge < -0.3 is 4.18 Å². The van der Waals surface area contributed by atoms with Gasteiger partial charge >= 0.3 is 10.1 Å². The van der Waals surface area contributed by atoms with Gasteiger partial charge in [-0.15, -0.1) is 0 Å². The van der Waals surface area contributed by atoms with Crippen molar-refractivity contribution in [3.05, 3.63) is 59.4 Å². The van der Waals surface area contributed by atoms with Crippen molar-refractivity contribution in [1.82, 2.24) is 0 Å². The Bertz CT molecular complexity index is 860. The monoisotopic (exact) mass is 333 g/mol. The molecule has 0 aliphatic carbocycles. The standard InChI is InChI=1S/C17H16FNO3S/c1-17(2,3)13-4-6-14(7-5-13)22-23(20,21)15-8-9-16(18)12(10-15)11-19/h4-10H,1-3H3. The molecule has 0 aliphatic rings. The van der Waals surface area contributed by atoms with Crippen LogP contribution < -0.4 is 4.18 Å². The molecule has 2 rings (SSSR count). The summed E-state index contributed by atoms with van der Waals surface area (Å²) in [5.74, 6) is -0.623. The molecule has 0 bridgehead atoms. The van der Waals surface area contributed by atoms with Gasteiger partial charge in [0, 0.05) is 0 Å². The Kier molecular flexibility index (Phi) is 4.44. The molecule has 0 aromatic heterocycles. The van der Waals surface area contributed by atoms with Crippen LogP contribution in [0.3, 0.4) is 0 Å². The zero-order valence-electron chi connectivity index (χ0n) is 13.0. The fraction of sp³-hybridized carbons (Fsp3) is 0.235. The molecule has 2 aromatic carbocycles. The van der Waals surface area contributed by atoms with Crippen LogP contribution in [0.5, 0.6) is 5.75 Å². The molecule has 0 fully saturated rings. The highest BCUT2D eigenvalue weighted by atomic mass is 32.2. The van der Waals surface area contributed by atoms with Gasteiger partial charge in [-0.05, 0) is 41.3 Å². The lowest BCUT2D eigenvalue weighted by Gasteiger charge is -2.19. The van der Waals surface area contributed by atoms with Crippen molar-refractivity contribution in [2.45, 2.75) is 31.1 Å². The topological polar surface area (TPSA) is 67.2 Å². The molecule has 0 N–H and O–H groups in total. The third-order valence-electron chi connectivity index (χ3n) is 3.27. The Morgan fingerprint density at radius 2 is 1.70 bits per heavy atom. The number of benzene rings is 2. The molecule has 0 heterocycles. The maximum Gasteiger partial charge on any atom is 0.339 e. The van der Waals surface area contributed by atoms with Gasteiger partial charge in [0.25, 0.3) is 0 Å². The largest absolute Gasteiger partial charge is 0.379 e. The van der Waals surface area contributed by atoms with E-state index in [1.54, 1.807) is 30.3 Å². The maximum atomic E-state index is 13.3. The predicted molar refractivity (Wildman–Crippen MR) is 84.1 cm³/mol. The van der Waals surface area contributed by atoms with Gasteiger partial charge in [0.15, 0.2) is 0 Å². The molecular weight excluding hydrogens is 317 g/mol. The fourth-order valence-corrected chi connectivity index (χ4v) is 2.89. The van der Waals surface area contributed by atoms with Crippen molar-refractivity contribution in [2.75, 3.05) is 0 Å². The molecule has 0 saturated carbocycles. The minimum atomic E-state index is -4.13. The van der Waals surface area contributed by atoms with Gasteiger partial charge in [-0.25, -0.2) is 4.39 Å². The second-order valence-electron chi connectivity index (χ2n) is 6.07. The van der Waals surface area contributed by atoms with E-state index in [2.05, 4.69) is 0 Å². The predicted octanol–water partition coefficient (Wildman–Crippen LogP) is 3.76. The third kappa shape index (κ3) is 3.88. The van der Waals surface area contributed by atoms with E-state index in [-0.39, 0.29) is 21.6 Å². The van der Waals surface area contributed by atoms with E-state index < -0.39 is 15.9 Å². The average Bonchev–Trinajstić information content (AvgIpc) is 2.46. The van der Waals surface area contributed by atoms with Gasteiger partial charge in [0.2, 0.25) is 0 Å². The van der Waals surface area contributed by atoms with Gasteiger partial charge in [-0.2, -0.15) is 13.7 Å². The Morgan fingerprint density at radius 1 is 1.09 bits per heavy atom. The normalized spacial score (nSPS) is 11.8. The van der Waals surface area contributed by atoms with Crippen LogP contribution in [0.25, 0.3) is 0 Å². The van der Waals surface area contributed by atoms with Crippen LogP contribution in [-0.2, 0) is 15.5 Å². The smallest absolute Gasteiger partial charge is 0.339 e. The van der Waals surface area contributed by atoms with Crippen molar-refractivity contribution in [2.24, 2.45) is 0 Å². The molecule has 0 amide bonds. The Labute approximate surface area is 135 Å². The van der Waals surface area contributed by atoms with Crippen LogP contribution in [0.4, 0.5) is 4.39 Å². The highest BCUT2D eigenvalue weighted by molar-refractivity contribution is 7.87. The van der Waals surface area contributed by atoms with Crippen molar-refractivity contribution >= 4 is 10.1 Å². The van der Waals surface area contributed by atoms with E-state index in [1.807, 2.05) is 20.8 Å². The average molecular weight is 333 g/mol. The SMILES string of the molecule is CC(C)(C)c1ccc(OS(=O)(=O)c2ccc(F)c(C#N)c2)cc1. The van der Waals surface area contributed by atoms with E-state index in [0.717, 1.165) is 23.8 Å². The second-order valence-corrected chi connectivity index (χ2v) is 7.61. The molecule has 4 nitrogen and oxygen atoms in total. The first-order valence-electron chi connectivity index (χ1n) is 6.88. The summed E-state index contributed by atoms with van der Waals surface area (Å²) in [6, 6.07) is 11.2. The number of nitriles is 1. The third-order valence-corrected chi connectivity index (χ3v) is 4.52. The van der Waals surface area contributed by atoms with Crippen LogP contribution in [0.15, 0.2) is 47.4 Å². The molecule has 0 atom stereocenters. The summed E-state index contributed by atoms with van der Waals surface area (Å²) in [6.45, 7) is 6.13. The number of hydrogen-bond donors (Lipinski definition) is 0. The summed E-state index contributed by atoms with van der Waals surface area (Å²) in [6.07, 6.45) is 0. The summed E-state index contributed by atoms with van der Waals surface area (Å²) >= 11 is 0. The maximum absolute atomic E-state index is 13.3. The second kappa shape index (κ2) is 6.01. The molecule has 0 unspecified atom stereocenters. The van der Waals surface area contributed by atoms with Gasteiger partial charge in [0.05, 0.1) is 5.56 Å². The Hall–Kier alpha value is -2.39. The van der Waals surface area contributed by atoms with Crippen LogP contribution in [0.1, 0.15) is 31.9 Å². The highest BCUT2D eigenvalue weighted by Gasteiger charge is 2.19. The summed E-state index contributed by atoms with van der Waals surface area (Å²) in [5, 5.41) is 8.78. The van der Waals surface area contributed by atoms with Crippen LogP contribution in [-0.4, -0.2) is 8.42 Å². The van der Waals surface area contributed by atoms with E-state index in [1.165, 1.54) is 0 Å². The zero-order valence-corrected chi connectivity index (χ0v) is 13.8. The molecule has 6 heteroatoms. The molecule has 23 heavy (non-hydrogen) atoms. The van der Waals surface area contributed by atoms with E-state index >= 15 is 0 Å². The van der Waals surface area contributed by atoms with Gasteiger partial charge in [0.1, 0.15) is 22.5 Å². The number of nitrogens with zero attached hydrogens (tertiary/aromatic N) is 1. The number of rotatable bonds is 3. The van der Waals surface area contributed by atoms with Crippen molar-refractivity contribution in [1.29, 1.82) is 5.26 Å². The summed E-state index contributed by atoms with van der Waals surface area (Å²) < 4.78 is 42.7. The Balaban J connectivity index is 2.30. The zero-order chi connectivity index (χ0) is 17.3. The molecular formula is C17H16FNO3S. The van der Waals surface area contributed by atoms with Crippen molar-refractivity contribution < 1.29 is 17.0 Å². The van der Waals surface area contributed by atoms with E-state index in [4.69, 9.17) is 9.44 Å². The number of hydrogen-bond acceptors (Lipinski definition) is 4. The molecule has 0 saturated heterocycles. The molecule has 0 radical (unpaired) electrons. The summed E-state index contributed by atoms with van der Waals surface area (Å²) in [7, 11) is -4.13. The Morgan fingerprint density at radius 3 is 2.22 bits per heavy atom. The van der Waals surface area contributed by atoms with Crippen molar-refractivity contribution in [3.8, 4) is 11.8 Å². The summed E-state index contributed by atoms with van der Waals surface area (Å²) in [5.41, 5.74) is 0.629. The van der Waals surface area contributed by atoms with Gasteiger partial charge in [-0.3, -0.25) is 0 Å².